The van der Waals surface area contributed by atoms with Crippen LogP contribution in [0.2, 0.25) is 0 Å². The number of hydrogen-bond donors (Lipinski definition) is 0. The van der Waals surface area contributed by atoms with Gasteiger partial charge in [-0.25, -0.2) is 0 Å². The molecule has 27 heavy (non-hydrogen) atoms. The third kappa shape index (κ3) is 2.85. The van der Waals surface area contributed by atoms with Gasteiger partial charge < -0.3 is 4.57 Å². The number of para-hydroxylation sites is 1. The Morgan fingerprint density at radius 3 is 2.11 bits per heavy atom. The quantitative estimate of drug-likeness (QED) is 0.243. The highest BCUT2D eigenvalue weighted by Crippen LogP contribution is 2.35. The second kappa shape index (κ2) is 6.54. The van der Waals surface area contributed by atoms with Crippen LogP contribution in [0.25, 0.3) is 38.6 Å². The Bertz CT molecular complexity index is 1280. The van der Waals surface area contributed by atoms with E-state index in [1.54, 1.807) is 0 Å². The molecule has 4 aromatic carbocycles. The Kier molecular flexibility index (Phi) is 4.01. The lowest BCUT2D eigenvalue weighted by molar-refractivity contribution is 1.18. The number of rotatable bonds is 2. The summed E-state index contributed by atoms with van der Waals surface area (Å²) in [6.07, 6.45) is 0. The van der Waals surface area contributed by atoms with Gasteiger partial charge in [-0.2, -0.15) is 0 Å². The molecule has 5 aromatic rings. The molecule has 0 saturated carbocycles. The van der Waals surface area contributed by atoms with Crippen LogP contribution in [0.4, 0.5) is 0 Å². The minimum Gasteiger partial charge on any atom is -0.309 e. The number of aryl methyl sites for hydroxylation is 1. The van der Waals surface area contributed by atoms with Crippen molar-refractivity contribution in [1.82, 2.24) is 4.57 Å². The molecule has 0 aliphatic carbocycles. The summed E-state index contributed by atoms with van der Waals surface area (Å²) in [6, 6.07) is 32.9. The first-order valence-corrected chi connectivity index (χ1v) is 10.1. The van der Waals surface area contributed by atoms with Crippen molar-refractivity contribution >= 4 is 44.4 Å². The summed E-state index contributed by atoms with van der Waals surface area (Å²) in [6.45, 7) is 2.14. The summed E-state index contributed by atoms with van der Waals surface area (Å²) in [7, 11) is 0. The van der Waals surface area contributed by atoms with Gasteiger partial charge in [0, 0.05) is 20.0 Å². The maximum atomic E-state index is 2.40. The van der Waals surface area contributed by atoms with Crippen molar-refractivity contribution in [3.63, 3.8) is 0 Å². The smallest absolute Gasteiger partial charge is 0.0541 e. The fourth-order valence-corrected chi connectivity index (χ4v) is 4.35. The van der Waals surface area contributed by atoms with Crippen LogP contribution in [-0.2, 0) is 0 Å². The molecule has 0 amide bonds. The highest BCUT2D eigenvalue weighted by Gasteiger charge is 2.13. The number of aromatic nitrogens is 1. The fourth-order valence-electron chi connectivity index (χ4n) is 3.85. The van der Waals surface area contributed by atoms with E-state index in [-0.39, 0.29) is 0 Å². The molecular formula is C25H18IN. The first kappa shape index (κ1) is 16.6. The summed E-state index contributed by atoms with van der Waals surface area (Å²) in [5, 5.41) is 2.60. The molecule has 1 nitrogen and oxygen atoms in total. The Morgan fingerprint density at radius 1 is 0.630 bits per heavy atom. The summed E-state index contributed by atoms with van der Waals surface area (Å²) >= 11 is 2.40. The van der Waals surface area contributed by atoms with E-state index in [0.717, 1.165) is 0 Å². The average molecular weight is 459 g/mol. The standard InChI is InChI=1S/C25H18IN/c1-17-6-5-7-18(14-17)19-10-12-24-22(15-19)23-16-20(26)11-13-25(23)27(24)21-8-3-2-4-9-21/h2-16H,1H3. The van der Waals surface area contributed by atoms with Gasteiger partial charge in [0.2, 0.25) is 0 Å². The van der Waals surface area contributed by atoms with Crippen LogP contribution in [0.5, 0.6) is 0 Å². The zero-order chi connectivity index (χ0) is 18.4. The lowest BCUT2D eigenvalue weighted by atomic mass is 10.0. The molecule has 0 aliphatic heterocycles. The molecule has 0 saturated heterocycles. The van der Waals surface area contributed by atoms with Gasteiger partial charge >= 0.3 is 0 Å². The molecule has 0 atom stereocenters. The van der Waals surface area contributed by atoms with E-state index >= 15 is 0 Å². The van der Waals surface area contributed by atoms with Crippen molar-refractivity contribution in [2.24, 2.45) is 0 Å². The van der Waals surface area contributed by atoms with Crippen LogP contribution in [0.15, 0.2) is 91.0 Å². The van der Waals surface area contributed by atoms with E-state index < -0.39 is 0 Å². The van der Waals surface area contributed by atoms with E-state index in [0.29, 0.717) is 0 Å². The van der Waals surface area contributed by atoms with Gasteiger partial charge in [-0.1, -0.05) is 54.1 Å². The Hall–Kier alpha value is -2.59. The number of hydrogen-bond acceptors (Lipinski definition) is 0. The van der Waals surface area contributed by atoms with Crippen molar-refractivity contribution < 1.29 is 0 Å². The molecule has 0 unspecified atom stereocenters. The predicted octanol–water partition coefficient (Wildman–Crippen LogP) is 7.36. The minimum absolute atomic E-state index is 1.20. The summed E-state index contributed by atoms with van der Waals surface area (Å²) in [5.74, 6) is 0. The van der Waals surface area contributed by atoms with Crippen molar-refractivity contribution in [2.75, 3.05) is 0 Å². The summed E-state index contributed by atoms with van der Waals surface area (Å²) in [5.41, 5.74) is 7.50. The maximum Gasteiger partial charge on any atom is 0.0541 e. The van der Waals surface area contributed by atoms with Gasteiger partial charge in [-0.15, -0.1) is 0 Å². The second-order valence-corrected chi connectivity index (χ2v) is 8.18. The predicted molar refractivity (Wildman–Crippen MR) is 124 cm³/mol. The molecule has 0 bridgehead atoms. The van der Waals surface area contributed by atoms with Gasteiger partial charge in [-0.3, -0.25) is 0 Å². The third-order valence-corrected chi connectivity index (χ3v) is 5.76. The first-order valence-electron chi connectivity index (χ1n) is 9.07. The SMILES string of the molecule is Cc1cccc(-c2ccc3c(c2)c2cc(I)ccc2n3-c2ccccc2)c1. The van der Waals surface area contributed by atoms with Gasteiger partial charge in [0.05, 0.1) is 11.0 Å². The molecule has 130 valence electrons. The zero-order valence-electron chi connectivity index (χ0n) is 15.0. The van der Waals surface area contributed by atoms with Crippen molar-refractivity contribution in [3.8, 4) is 16.8 Å². The van der Waals surface area contributed by atoms with Crippen LogP contribution in [0.1, 0.15) is 5.56 Å². The Balaban J connectivity index is 1.85. The van der Waals surface area contributed by atoms with Gasteiger partial charge in [0.25, 0.3) is 0 Å². The zero-order valence-corrected chi connectivity index (χ0v) is 17.1. The highest BCUT2D eigenvalue weighted by atomic mass is 127. The minimum atomic E-state index is 1.20. The molecule has 1 aromatic heterocycles. The summed E-state index contributed by atoms with van der Waals surface area (Å²) in [4.78, 5) is 0. The van der Waals surface area contributed by atoms with Crippen LogP contribution < -0.4 is 0 Å². The number of nitrogens with zero attached hydrogens (tertiary/aromatic N) is 1. The van der Waals surface area contributed by atoms with Crippen LogP contribution in [-0.4, -0.2) is 4.57 Å². The van der Waals surface area contributed by atoms with E-state index in [1.165, 1.54) is 47.8 Å². The van der Waals surface area contributed by atoms with Crippen molar-refractivity contribution in [2.45, 2.75) is 6.92 Å². The molecule has 5 rings (SSSR count). The molecule has 0 spiro atoms. The van der Waals surface area contributed by atoms with E-state index in [9.17, 15) is 0 Å². The first-order chi connectivity index (χ1) is 13.2. The maximum absolute atomic E-state index is 2.40. The number of benzene rings is 4. The van der Waals surface area contributed by atoms with Crippen LogP contribution in [0.3, 0.4) is 0 Å². The van der Waals surface area contributed by atoms with Crippen LogP contribution in [0, 0.1) is 10.5 Å². The molecule has 1 heterocycles. The normalized spacial score (nSPS) is 11.3. The Labute approximate surface area is 172 Å². The monoisotopic (exact) mass is 459 g/mol. The molecule has 2 heteroatoms. The largest absolute Gasteiger partial charge is 0.309 e. The molecule has 0 aliphatic rings. The van der Waals surface area contributed by atoms with Crippen LogP contribution >= 0.6 is 22.6 Å². The van der Waals surface area contributed by atoms with E-state index in [1.807, 2.05) is 0 Å². The van der Waals surface area contributed by atoms with Gasteiger partial charge in [0.15, 0.2) is 0 Å². The Morgan fingerprint density at radius 2 is 1.33 bits per heavy atom. The molecule has 0 N–H and O–H groups in total. The van der Waals surface area contributed by atoms with Gasteiger partial charge in [-0.05, 0) is 83.1 Å². The number of fused-ring (bicyclic) bond motifs is 3. The van der Waals surface area contributed by atoms with E-state index in [2.05, 4.69) is 125 Å². The fraction of sp³-hybridized carbons (Fsp3) is 0.0400. The highest BCUT2D eigenvalue weighted by molar-refractivity contribution is 14.1. The third-order valence-electron chi connectivity index (χ3n) is 5.09. The molecular weight excluding hydrogens is 441 g/mol. The van der Waals surface area contributed by atoms with E-state index in [4.69, 9.17) is 0 Å². The van der Waals surface area contributed by atoms with Crippen molar-refractivity contribution in [3.05, 3.63) is 100 Å². The van der Waals surface area contributed by atoms with Gasteiger partial charge in [0.1, 0.15) is 0 Å². The molecule has 0 radical (unpaired) electrons. The molecule has 0 fully saturated rings. The average Bonchev–Trinajstić information content (AvgIpc) is 3.01. The topological polar surface area (TPSA) is 4.93 Å². The lowest BCUT2D eigenvalue weighted by Gasteiger charge is -2.08. The lowest BCUT2D eigenvalue weighted by Crippen LogP contribution is -1.93. The second-order valence-electron chi connectivity index (χ2n) is 6.93. The summed E-state index contributed by atoms with van der Waals surface area (Å²) < 4.78 is 3.62. The number of halogens is 1. The van der Waals surface area contributed by atoms with Crippen molar-refractivity contribution in [1.29, 1.82) is 0 Å².